The minimum absolute atomic E-state index is 0.238. The van der Waals surface area contributed by atoms with Crippen molar-refractivity contribution in [2.45, 2.75) is 45.4 Å². The number of piperidine rings is 1. The van der Waals surface area contributed by atoms with Crippen LogP contribution in [0, 0.1) is 5.92 Å². The number of nitrogens with zero attached hydrogens (tertiary/aromatic N) is 1. The number of amides is 1. The molecule has 1 aliphatic heterocycles. The Labute approximate surface area is 142 Å². The van der Waals surface area contributed by atoms with Gasteiger partial charge in [0.15, 0.2) is 0 Å². The third-order valence-corrected chi connectivity index (χ3v) is 3.85. The van der Waals surface area contributed by atoms with Crippen molar-refractivity contribution < 1.29 is 19.4 Å². The van der Waals surface area contributed by atoms with Gasteiger partial charge in [-0.2, -0.15) is 0 Å². The van der Waals surface area contributed by atoms with Crippen LogP contribution in [0.15, 0.2) is 30.3 Å². The lowest BCUT2D eigenvalue weighted by Gasteiger charge is -2.36. The summed E-state index contributed by atoms with van der Waals surface area (Å²) in [4.78, 5) is 25.5. The highest BCUT2D eigenvalue weighted by Crippen LogP contribution is 2.20. The molecule has 1 aromatic rings. The molecule has 1 amide bonds. The fourth-order valence-electron chi connectivity index (χ4n) is 2.92. The number of aliphatic carboxylic acids is 1. The van der Waals surface area contributed by atoms with Gasteiger partial charge in [0, 0.05) is 25.7 Å². The molecule has 1 saturated heterocycles. The van der Waals surface area contributed by atoms with E-state index in [4.69, 9.17) is 4.74 Å². The molecule has 0 radical (unpaired) electrons. The molecule has 132 valence electrons. The van der Waals surface area contributed by atoms with Gasteiger partial charge in [-0.1, -0.05) is 30.3 Å². The Morgan fingerprint density at radius 2 is 1.92 bits per heavy atom. The Balaban J connectivity index is 2.00. The fraction of sp³-hybridized carbons (Fsp3) is 0.556. The highest BCUT2D eigenvalue weighted by atomic mass is 16.6. The number of nitrogens with one attached hydrogen (secondary N) is 1. The van der Waals surface area contributed by atoms with Gasteiger partial charge in [0.05, 0.1) is 5.92 Å². The summed E-state index contributed by atoms with van der Waals surface area (Å²) in [6.45, 7) is 7.16. The Morgan fingerprint density at radius 1 is 1.25 bits per heavy atom. The van der Waals surface area contributed by atoms with Crippen LogP contribution in [0.2, 0.25) is 0 Å². The zero-order chi connectivity index (χ0) is 17.7. The first kappa shape index (κ1) is 18.3. The highest BCUT2D eigenvalue weighted by Gasteiger charge is 2.33. The van der Waals surface area contributed by atoms with Gasteiger partial charge in [0.2, 0.25) is 0 Å². The first-order valence-electron chi connectivity index (χ1n) is 8.21. The second-order valence-corrected chi connectivity index (χ2v) is 7.29. The summed E-state index contributed by atoms with van der Waals surface area (Å²) in [7, 11) is 0. The minimum Gasteiger partial charge on any atom is -0.481 e. The highest BCUT2D eigenvalue weighted by molar-refractivity contribution is 5.71. The Hall–Kier alpha value is -2.08. The van der Waals surface area contributed by atoms with Gasteiger partial charge in [0.25, 0.3) is 0 Å². The predicted octanol–water partition coefficient (Wildman–Crippen LogP) is 2.49. The number of carboxylic acid groups (broad SMARTS) is 1. The summed E-state index contributed by atoms with van der Waals surface area (Å²) in [5, 5.41) is 12.2. The monoisotopic (exact) mass is 334 g/mol. The van der Waals surface area contributed by atoms with E-state index in [1.54, 1.807) is 20.8 Å². The summed E-state index contributed by atoms with van der Waals surface area (Å²) in [6, 6.07) is 9.67. The zero-order valence-corrected chi connectivity index (χ0v) is 14.5. The van der Waals surface area contributed by atoms with Crippen LogP contribution in [0.3, 0.4) is 0 Å². The van der Waals surface area contributed by atoms with E-state index in [-0.39, 0.29) is 6.04 Å². The molecule has 6 nitrogen and oxygen atoms in total. The van der Waals surface area contributed by atoms with Crippen molar-refractivity contribution in [3.8, 4) is 0 Å². The third-order valence-electron chi connectivity index (χ3n) is 3.85. The number of hydrogen-bond donors (Lipinski definition) is 2. The molecule has 1 heterocycles. The van der Waals surface area contributed by atoms with Gasteiger partial charge in [-0.05, 0) is 32.8 Å². The molecular weight excluding hydrogens is 308 g/mol. The van der Waals surface area contributed by atoms with Crippen LogP contribution < -0.4 is 5.32 Å². The molecule has 0 spiro atoms. The largest absolute Gasteiger partial charge is 0.481 e. The van der Waals surface area contributed by atoms with Gasteiger partial charge < -0.3 is 15.2 Å². The van der Waals surface area contributed by atoms with Crippen LogP contribution in [0.4, 0.5) is 4.79 Å². The molecule has 0 bridgehead atoms. The molecule has 2 rings (SSSR count). The smallest absolute Gasteiger partial charge is 0.407 e. The minimum atomic E-state index is -0.830. The van der Waals surface area contributed by atoms with Crippen molar-refractivity contribution in [1.29, 1.82) is 0 Å². The average Bonchev–Trinajstić information content (AvgIpc) is 2.45. The Kier molecular flexibility index (Phi) is 5.83. The van der Waals surface area contributed by atoms with E-state index < -0.39 is 23.6 Å². The maximum absolute atomic E-state index is 12.0. The van der Waals surface area contributed by atoms with E-state index in [2.05, 4.69) is 10.2 Å². The van der Waals surface area contributed by atoms with Gasteiger partial charge >= 0.3 is 12.1 Å². The summed E-state index contributed by atoms with van der Waals surface area (Å²) in [6.07, 6.45) is -0.0851. The second-order valence-electron chi connectivity index (χ2n) is 7.29. The van der Waals surface area contributed by atoms with Gasteiger partial charge in [-0.25, -0.2) is 4.79 Å². The van der Waals surface area contributed by atoms with E-state index >= 15 is 0 Å². The molecule has 0 aliphatic carbocycles. The molecule has 2 atom stereocenters. The van der Waals surface area contributed by atoms with Crippen LogP contribution in [-0.4, -0.2) is 46.8 Å². The van der Waals surface area contributed by atoms with E-state index in [1.807, 2.05) is 30.3 Å². The molecule has 1 aliphatic rings. The third kappa shape index (κ3) is 5.85. The maximum Gasteiger partial charge on any atom is 0.407 e. The lowest BCUT2D eigenvalue weighted by Crippen LogP contribution is -2.52. The number of carbonyl (C=O) groups excluding carboxylic acids is 1. The first-order valence-corrected chi connectivity index (χ1v) is 8.21. The molecule has 24 heavy (non-hydrogen) atoms. The SMILES string of the molecule is CC(C)(C)OC(=O)NC1CC(C(=O)O)CN(Cc2ccccc2)C1. The molecule has 0 aromatic heterocycles. The number of hydrogen-bond acceptors (Lipinski definition) is 4. The number of benzene rings is 1. The molecule has 1 fully saturated rings. The average molecular weight is 334 g/mol. The van der Waals surface area contributed by atoms with E-state index in [1.165, 1.54) is 0 Å². The molecule has 2 unspecified atom stereocenters. The van der Waals surface area contributed by atoms with Crippen molar-refractivity contribution in [1.82, 2.24) is 10.2 Å². The predicted molar refractivity (Wildman–Crippen MR) is 90.6 cm³/mol. The molecule has 0 saturated carbocycles. The first-order chi connectivity index (χ1) is 11.2. The standard InChI is InChI=1S/C18H26N2O4/c1-18(2,3)24-17(23)19-15-9-14(16(21)22)11-20(12-15)10-13-7-5-4-6-8-13/h4-8,14-15H,9-12H2,1-3H3,(H,19,23)(H,21,22). The summed E-state index contributed by atoms with van der Waals surface area (Å²) in [5.74, 6) is -1.33. The maximum atomic E-state index is 12.0. The van der Waals surface area contributed by atoms with Crippen LogP contribution >= 0.6 is 0 Å². The van der Waals surface area contributed by atoms with E-state index in [9.17, 15) is 14.7 Å². The number of ether oxygens (including phenoxy) is 1. The van der Waals surface area contributed by atoms with Gasteiger partial charge in [0.1, 0.15) is 5.60 Å². The summed E-state index contributed by atoms with van der Waals surface area (Å²) < 4.78 is 5.27. The van der Waals surface area contributed by atoms with Crippen molar-refractivity contribution in [2.75, 3.05) is 13.1 Å². The molecule has 6 heteroatoms. The molecule has 1 aromatic carbocycles. The quantitative estimate of drug-likeness (QED) is 0.884. The summed E-state index contributed by atoms with van der Waals surface area (Å²) >= 11 is 0. The lowest BCUT2D eigenvalue weighted by atomic mass is 9.94. The topological polar surface area (TPSA) is 78.9 Å². The number of rotatable bonds is 4. The number of carbonyl (C=O) groups is 2. The Morgan fingerprint density at radius 3 is 2.50 bits per heavy atom. The van der Waals surface area contributed by atoms with Gasteiger partial charge in [-0.15, -0.1) is 0 Å². The lowest BCUT2D eigenvalue weighted by molar-refractivity contribution is -0.144. The number of carboxylic acids is 1. The molecular formula is C18H26N2O4. The van der Waals surface area contributed by atoms with E-state index in [0.29, 0.717) is 26.1 Å². The van der Waals surface area contributed by atoms with E-state index in [0.717, 1.165) is 5.56 Å². The van der Waals surface area contributed by atoms with Crippen molar-refractivity contribution in [3.63, 3.8) is 0 Å². The number of alkyl carbamates (subject to hydrolysis) is 1. The van der Waals surface area contributed by atoms with Crippen LogP contribution in [-0.2, 0) is 16.1 Å². The second kappa shape index (κ2) is 7.66. The normalized spacial score (nSPS) is 22.0. The zero-order valence-electron chi connectivity index (χ0n) is 14.5. The van der Waals surface area contributed by atoms with Crippen molar-refractivity contribution in [2.24, 2.45) is 5.92 Å². The number of likely N-dealkylation sites (tertiary alicyclic amines) is 1. The van der Waals surface area contributed by atoms with Gasteiger partial charge in [-0.3, -0.25) is 9.69 Å². The van der Waals surface area contributed by atoms with Crippen LogP contribution in [0.1, 0.15) is 32.8 Å². The van der Waals surface area contributed by atoms with Crippen LogP contribution in [0.25, 0.3) is 0 Å². The Bertz CT molecular complexity index is 568. The fourth-order valence-corrected chi connectivity index (χ4v) is 2.92. The van der Waals surface area contributed by atoms with Crippen molar-refractivity contribution in [3.05, 3.63) is 35.9 Å². The molecule has 2 N–H and O–H groups in total. The summed E-state index contributed by atoms with van der Waals surface area (Å²) in [5.41, 5.74) is 0.550. The van der Waals surface area contributed by atoms with Crippen LogP contribution in [0.5, 0.6) is 0 Å². The van der Waals surface area contributed by atoms with Crippen molar-refractivity contribution >= 4 is 12.1 Å².